The minimum atomic E-state index is -0.741. The van der Waals surface area contributed by atoms with Crippen molar-refractivity contribution in [3.63, 3.8) is 0 Å². The fraction of sp³-hybridized carbons (Fsp3) is 0.344. The fourth-order valence-corrected chi connectivity index (χ4v) is 6.11. The first-order valence-electron chi connectivity index (χ1n) is 14.5. The molecule has 0 spiro atoms. The van der Waals surface area contributed by atoms with Crippen molar-refractivity contribution in [1.29, 1.82) is 0 Å². The van der Waals surface area contributed by atoms with E-state index in [9.17, 15) is 9.59 Å². The minimum Gasteiger partial charge on any atom is -0.384 e. The van der Waals surface area contributed by atoms with Gasteiger partial charge in [-0.3, -0.25) is 9.78 Å². The fourth-order valence-electron chi connectivity index (χ4n) is 6.11. The van der Waals surface area contributed by atoms with Gasteiger partial charge in [0, 0.05) is 44.1 Å². The van der Waals surface area contributed by atoms with E-state index in [-0.39, 0.29) is 40.6 Å². The molecule has 2 bridgehead atoms. The van der Waals surface area contributed by atoms with E-state index in [0.717, 1.165) is 5.56 Å². The van der Waals surface area contributed by atoms with Gasteiger partial charge in [-0.05, 0) is 61.6 Å². The van der Waals surface area contributed by atoms with Crippen LogP contribution in [-0.4, -0.2) is 62.5 Å². The van der Waals surface area contributed by atoms with Gasteiger partial charge in [-0.1, -0.05) is 26.5 Å². The number of aromatic nitrogens is 4. The van der Waals surface area contributed by atoms with Crippen molar-refractivity contribution in [3.8, 4) is 16.9 Å². The van der Waals surface area contributed by atoms with Gasteiger partial charge < -0.3 is 15.1 Å². The molecule has 222 valence electrons. The highest BCUT2D eigenvalue weighted by Crippen LogP contribution is 2.37. The molecule has 1 unspecified atom stereocenters. The SMILES string of the molecule is C=CC(=O)N1CCN(c2nc(=O)n3c4nc(c(F)cc24)-c2c(F)cccc2NCCCc2ccnc(C(C)C)c2-3)C(C)C1. The number of rotatable bonds is 3. The minimum absolute atomic E-state index is 0.000229. The summed E-state index contributed by atoms with van der Waals surface area (Å²) in [4.78, 5) is 43.9. The summed E-state index contributed by atoms with van der Waals surface area (Å²) in [5.41, 5.74) is 1.92. The van der Waals surface area contributed by atoms with Crippen molar-refractivity contribution in [2.24, 2.45) is 0 Å². The Kier molecular flexibility index (Phi) is 7.41. The summed E-state index contributed by atoms with van der Waals surface area (Å²) in [7, 11) is 0. The number of pyridine rings is 2. The van der Waals surface area contributed by atoms with Crippen molar-refractivity contribution in [1.82, 2.24) is 24.4 Å². The van der Waals surface area contributed by atoms with E-state index in [0.29, 0.717) is 61.5 Å². The number of halogens is 2. The van der Waals surface area contributed by atoms with Crippen molar-refractivity contribution in [3.05, 3.63) is 82.6 Å². The van der Waals surface area contributed by atoms with Crippen LogP contribution in [0.1, 0.15) is 44.4 Å². The molecular formula is C32H33F2N7O2. The summed E-state index contributed by atoms with van der Waals surface area (Å²) in [5.74, 6) is -1.33. The molecule has 0 radical (unpaired) electrons. The molecule has 1 aromatic carbocycles. The second-order valence-corrected chi connectivity index (χ2v) is 11.3. The second-order valence-electron chi connectivity index (χ2n) is 11.3. The molecule has 9 nitrogen and oxygen atoms in total. The average molecular weight is 586 g/mol. The van der Waals surface area contributed by atoms with E-state index in [4.69, 9.17) is 4.98 Å². The van der Waals surface area contributed by atoms with Crippen molar-refractivity contribution in [2.75, 3.05) is 36.4 Å². The number of benzene rings is 1. The van der Waals surface area contributed by atoms with Crippen LogP contribution < -0.4 is 15.9 Å². The topological polar surface area (TPSA) is 96.3 Å². The van der Waals surface area contributed by atoms with Gasteiger partial charge >= 0.3 is 5.69 Å². The van der Waals surface area contributed by atoms with Crippen LogP contribution >= 0.6 is 0 Å². The number of hydrogen-bond acceptors (Lipinski definition) is 7. The van der Waals surface area contributed by atoms with Gasteiger partial charge in [0.05, 0.1) is 22.3 Å². The number of carbonyl (C=O) groups excluding carboxylic acids is 1. The van der Waals surface area contributed by atoms with E-state index in [1.165, 1.54) is 22.8 Å². The Morgan fingerprint density at radius 1 is 1.16 bits per heavy atom. The van der Waals surface area contributed by atoms with Gasteiger partial charge in [-0.2, -0.15) is 4.98 Å². The van der Waals surface area contributed by atoms with Crippen molar-refractivity contribution < 1.29 is 13.6 Å². The number of nitrogens with one attached hydrogen (secondary N) is 1. The molecule has 1 saturated heterocycles. The van der Waals surface area contributed by atoms with Gasteiger partial charge in [0.25, 0.3) is 0 Å². The van der Waals surface area contributed by atoms with E-state index in [1.54, 1.807) is 23.2 Å². The summed E-state index contributed by atoms with van der Waals surface area (Å²) in [6, 6.07) is 7.47. The van der Waals surface area contributed by atoms with Crippen LogP contribution in [0.4, 0.5) is 20.3 Å². The third-order valence-electron chi connectivity index (χ3n) is 8.18. The molecular weight excluding hydrogens is 552 g/mol. The molecule has 0 aliphatic carbocycles. The predicted octanol–water partition coefficient (Wildman–Crippen LogP) is 4.83. The van der Waals surface area contributed by atoms with Crippen LogP contribution in [0.15, 0.2) is 54.0 Å². The maximum atomic E-state index is 16.1. The lowest BCUT2D eigenvalue weighted by molar-refractivity contribution is -0.126. The summed E-state index contributed by atoms with van der Waals surface area (Å²) in [6.45, 7) is 11.1. The predicted molar refractivity (Wildman–Crippen MR) is 163 cm³/mol. The smallest absolute Gasteiger partial charge is 0.355 e. The molecule has 1 amide bonds. The number of fused-ring (bicyclic) bond motifs is 5. The summed E-state index contributed by atoms with van der Waals surface area (Å²) < 4.78 is 32.9. The lowest BCUT2D eigenvalue weighted by atomic mass is 10.00. The molecule has 4 aromatic rings. The molecule has 43 heavy (non-hydrogen) atoms. The van der Waals surface area contributed by atoms with Gasteiger partial charge in [0.2, 0.25) is 5.91 Å². The quantitative estimate of drug-likeness (QED) is 0.344. The normalized spacial score (nSPS) is 16.7. The first-order chi connectivity index (χ1) is 20.7. The van der Waals surface area contributed by atoms with E-state index in [2.05, 4.69) is 21.9 Å². The Morgan fingerprint density at radius 3 is 2.72 bits per heavy atom. The lowest BCUT2D eigenvalue weighted by Crippen LogP contribution is -2.54. The van der Waals surface area contributed by atoms with Gasteiger partial charge in [-0.15, -0.1) is 0 Å². The number of piperazine rings is 1. The summed E-state index contributed by atoms with van der Waals surface area (Å²) in [6.07, 6.45) is 4.28. The van der Waals surface area contributed by atoms with Crippen molar-refractivity contribution >= 4 is 28.4 Å². The number of carbonyl (C=O) groups is 1. The first kappa shape index (κ1) is 28.4. The highest BCUT2D eigenvalue weighted by atomic mass is 19.1. The maximum absolute atomic E-state index is 16.1. The summed E-state index contributed by atoms with van der Waals surface area (Å²) in [5, 5.41) is 3.57. The molecule has 1 fully saturated rings. The van der Waals surface area contributed by atoms with E-state index in [1.807, 2.05) is 31.7 Å². The number of nitrogens with zero attached hydrogens (tertiary/aromatic N) is 6. The van der Waals surface area contributed by atoms with Crippen LogP contribution in [0.2, 0.25) is 0 Å². The Morgan fingerprint density at radius 2 is 1.98 bits per heavy atom. The third-order valence-corrected chi connectivity index (χ3v) is 8.18. The number of hydrogen-bond donors (Lipinski definition) is 1. The van der Waals surface area contributed by atoms with Crippen LogP contribution in [0.25, 0.3) is 28.0 Å². The first-order valence-corrected chi connectivity index (χ1v) is 14.5. The molecule has 1 N–H and O–H groups in total. The highest BCUT2D eigenvalue weighted by molar-refractivity contribution is 5.92. The van der Waals surface area contributed by atoms with Gasteiger partial charge in [0.1, 0.15) is 17.3 Å². The van der Waals surface area contributed by atoms with E-state index < -0.39 is 17.3 Å². The van der Waals surface area contributed by atoms with E-state index >= 15 is 8.78 Å². The number of anilines is 2. The third kappa shape index (κ3) is 4.92. The molecule has 0 saturated carbocycles. The molecule has 6 rings (SSSR count). The second kappa shape index (κ2) is 11.2. The molecule has 3 aromatic heterocycles. The average Bonchev–Trinajstić information content (AvgIpc) is 2.98. The van der Waals surface area contributed by atoms with Crippen LogP contribution in [0.5, 0.6) is 0 Å². The molecule has 2 aliphatic rings. The van der Waals surface area contributed by atoms with Crippen LogP contribution in [-0.2, 0) is 11.2 Å². The van der Waals surface area contributed by atoms with Gasteiger partial charge in [-0.25, -0.2) is 23.1 Å². The summed E-state index contributed by atoms with van der Waals surface area (Å²) >= 11 is 0. The van der Waals surface area contributed by atoms with Gasteiger partial charge in [0.15, 0.2) is 11.5 Å². The zero-order chi connectivity index (χ0) is 30.4. The number of amides is 1. The molecule has 1 atom stereocenters. The molecule has 5 heterocycles. The number of aryl methyl sites for hydroxylation is 1. The Balaban J connectivity index is 1.68. The Bertz CT molecular complexity index is 1820. The maximum Gasteiger partial charge on any atom is 0.355 e. The Hall–Kier alpha value is -4.67. The molecule has 11 heteroatoms. The van der Waals surface area contributed by atoms with Crippen LogP contribution in [0.3, 0.4) is 0 Å². The lowest BCUT2D eigenvalue weighted by Gasteiger charge is -2.40. The zero-order valence-electron chi connectivity index (χ0n) is 24.4. The standard InChI is InChI=1S/C32H33F2N7O2/c1-5-25(42)39-14-15-40(19(4)17-39)30-21-16-23(34)28-26-22(33)9-6-10-24(26)35-12-7-8-20-11-13-36-27(18(2)3)29(20)41(31(21)37-28)32(43)38-30/h5-6,9-11,13,16,18-19,35H,1,7-8,12,14-15,17H2,2-4H3. The van der Waals surface area contributed by atoms with Crippen LogP contribution in [0, 0.1) is 11.6 Å². The van der Waals surface area contributed by atoms with Crippen molar-refractivity contribution in [2.45, 2.75) is 45.6 Å². The monoisotopic (exact) mass is 585 g/mol. The largest absolute Gasteiger partial charge is 0.384 e. The zero-order valence-corrected chi connectivity index (χ0v) is 24.4. The Labute approximate surface area is 247 Å². The molecule has 2 aliphatic heterocycles. The highest BCUT2D eigenvalue weighted by Gasteiger charge is 2.31.